The SMILES string of the molecule is Cn1c(-c2ccc(O)c(O)c2)c(O)c(=O)c2ccc(F)cc21. The Morgan fingerprint density at radius 2 is 1.73 bits per heavy atom. The first-order chi connectivity index (χ1) is 10.4. The molecule has 0 amide bonds. The molecule has 0 saturated carbocycles. The predicted molar refractivity (Wildman–Crippen MR) is 79.6 cm³/mol. The van der Waals surface area contributed by atoms with Crippen LogP contribution in [0.2, 0.25) is 0 Å². The third kappa shape index (κ3) is 1.96. The first-order valence-corrected chi connectivity index (χ1v) is 6.43. The standard InChI is InChI=1S/C16H12FNO4/c1-18-11-7-9(17)3-4-10(11)15(21)16(22)14(18)8-2-5-12(19)13(20)6-8/h2-7,19-20,22H,1H3. The van der Waals surface area contributed by atoms with Gasteiger partial charge in [-0.05, 0) is 36.4 Å². The molecule has 0 radical (unpaired) electrons. The molecule has 1 aromatic heterocycles. The average molecular weight is 301 g/mol. The number of aromatic nitrogens is 1. The van der Waals surface area contributed by atoms with E-state index in [-0.39, 0.29) is 22.6 Å². The fraction of sp³-hybridized carbons (Fsp3) is 0.0625. The van der Waals surface area contributed by atoms with E-state index in [9.17, 15) is 24.5 Å². The Kier molecular flexibility index (Phi) is 3.02. The van der Waals surface area contributed by atoms with Crippen molar-refractivity contribution in [3.05, 3.63) is 52.4 Å². The minimum atomic E-state index is -0.629. The molecule has 0 aliphatic carbocycles. The fourth-order valence-corrected chi connectivity index (χ4v) is 2.49. The molecule has 0 saturated heterocycles. The summed E-state index contributed by atoms with van der Waals surface area (Å²) in [5.74, 6) is -1.72. The summed E-state index contributed by atoms with van der Waals surface area (Å²) in [4.78, 5) is 12.2. The number of nitrogens with zero attached hydrogens (tertiary/aromatic N) is 1. The zero-order valence-electron chi connectivity index (χ0n) is 11.5. The average Bonchev–Trinajstić information content (AvgIpc) is 2.49. The van der Waals surface area contributed by atoms with Gasteiger partial charge in [-0.3, -0.25) is 4.79 Å². The van der Waals surface area contributed by atoms with Crippen molar-refractivity contribution in [3.63, 3.8) is 0 Å². The zero-order chi connectivity index (χ0) is 16.0. The molecule has 0 aliphatic heterocycles. The maximum atomic E-state index is 13.4. The van der Waals surface area contributed by atoms with Crippen LogP contribution in [0, 0.1) is 5.82 Å². The van der Waals surface area contributed by atoms with E-state index < -0.39 is 17.0 Å². The van der Waals surface area contributed by atoms with Gasteiger partial charge in [0.1, 0.15) is 5.82 Å². The smallest absolute Gasteiger partial charge is 0.231 e. The minimum Gasteiger partial charge on any atom is -0.504 e. The van der Waals surface area contributed by atoms with E-state index in [1.54, 1.807) is 7.05 Å². The molecule has 1 heterocycles. The van der Waals surface area contributed by atoms with Crippen LogP contribution in [0.5, 0.6) is 17.2 Å². The first kappa shape index (κ1) is 13.9. The number of hydrogen-bond donors (Lipinski definition) is 3. The second-order valence-electron chi connectivity index (χ2n) is 4.95. The molecule has 0 bridgehead atoms. The number of rotatable bonds is 1. The third-order valence-electron chi connectivity index (χ3n) is 3.59. The van der Waals surface area contributed by atoms with Gasteiger partial charge in [0.15, 0.2) is 17.2 Å². The Morgan fingerprint density at radius 3 is 2.41 bits per heavy atom. The highest BCUT2D eigenvalue weighted by Gasteiger charge is 2.17. The second-order valence-corrected chi connectivity index (χ2v) is 4.95. The Labute approximate surface area is 124 Å². The molecule has 5 nitrogen and oxygen atoms in total. The number of hydrogen-bond acceptors (Lipinski definition) is 4. The predicted octanol–water partition coefficient (Wildman–Crippen LogP) is 2.46. The van der Waals surface area contributed by atoms with Crippen LogP contribution in [0.25, 0.3) is 22.2 Å². The summed E-state index contributed by atoms with van der Waals surface area (Å²) in [5, 5.41) is 29.3. The molecule has 112 valence electrons. The lowest BCUT2D eigenvalue weighted by atomic mass is 10.1. The lowest BCUT2D eigenvalue weighted by Gasteiger charge is -2.15. The van der Waals surface area contributed by atoms with Crippen LogP contribution < -0.4 is 5.43 Å². The number of phenolic OH excluding ortho intramolecular Hbond substituents is 2. The number of phenols is 2. The van der Waals surface area contributed by atoms with Crippen molar-refractivity contribution in [1.29, 1.82) is 0 Å². The molecule has 3 N–H and O–H groups in total. The van der Waals surface area contributed by atoms with Crippen LogP contribution in [0.3, 0.4) is 0 Å². The first-order valence-electron chi connectivity index (χ1n) is 6.43. The van der Waals surface area contributed by atoms with Crippen molar-refractivity contribution < 1.29 is 19.7 Å². The number of pyridine rings is 1. The quantitative estimate of drug-likeness (QED) is 0.603. The van der Waals surface area contributed by atoms with E-state index in [1.807, 2.05) is 0 Å². The molecule has 0 spiro atoms. The van der Waals surface area contributed by atoms with E-state index in [0.717, 1.165) is 6.07 Å². The summed E-state index contributed by atoms with van der Waals surface area (Å²) in [5.41, 5.74) is 0.123. The van der Waals surface area contributed by atoms with Crippen LogP contribution in [0.15, 0.2) is 41.2 Å². The van der Waals surface area contributed by atoms with Gasteiger partial charge in [-0.1, -0.05) is 0 Å². The summed E-state index contributed by atoms with van der Waals surface area (Å²) >= 11 is 0. The Hall–Kier alpha value is -3.02. The van der Waals surface area contributed by atoms with Gasteiger partial charge >= 0.3 is 0 Å². The minimum absolute atomic E-state index is 0.124. The van der Waals surface area contributed by atoms with Crippen LogP contribution >= 0.6 is 0 Å². The number of aryl methyl sites for hydroxylation is 1. The molecular formula is C16H12FNO4. The molecule has 22 heavy (non-hydrogen) atoms. The summed E-state index contributed by atoms with van der Waals surface area (Å²) in [6.07, 6.45) is 0. The molecule has 0 atom stereocenters. The van der Waals surface area contributed by atoms with Crippen LogP contribution in [-0.2, 0) is 7.05 Å². The Morgan fingerprint density at radius 1 is 1.00 bits per heavy atom. The maximum Gasteiger partial charge on any atom is 0.231 e. The van der Waals surface area contributed by atoms with Gasteiger partial charge in [-0.25, -0.2) is 4.39 Å². The fourth-order valence-electron chi connectivity index (χ4n) is 2.49. The van der Waals surface area contributed by atoms with Crippen LogP contribution in [-0.4, -0.2) is 19.9 Å². The molecule has 3 aromatic rings. The lowest BCUT2D eigenvalue weighted by molar-refractivity contribution is 0.404. The maximum absolute atomic E-state index is 13.4. The summed E-state index contributed by atoms with van der Waals surface area (Å²) in [7, 11) is 1.57. The number of benzene rings is 2. The molecule has 6 heteroatoms. The highest BCUT2D eigenvalue weighted by atomic mass is 19.1. The van der Waals surface area contributed by atoms with Crippen molar-refractivity contribution in [1.82, 2.24) is 4.57 Å². The molecular weight excluding hydrogens is 289 g/mol. The monoisotopic (exact) mass is 301 g/mol. The molecule has 0 aliphatic rings. The van der Waals surface area contributed by atoms with E-state index in [2.05, 4.69) is 0 Å². The summed E-state index contributed by atoms with van der Waals surface area (Å²) < 4.78 is 14.9. The third-order valence-corrected chi connectivity index (χ3v) is 3.59. The van der Waals surface area contributed by atoms with Crippen molar-refractivity contribution in [2.75, 3.05) is 0 Å². The van der Waals surface area contributed by atoms with Gasteiger partial charge in [-0.15, -0.1) is 0 Å². The van der Waals surface area contributed by atoms with E-state index in [4.69, 9.17) is 0 Å². The molecule has 3 rings (SSSR count). The number of halogens is 1. The molecule has 2 aromatic carbocycles. The van der Waals surface area contributed by atoms with Crippen LogP contribution in [0.1, 0.15) is 0 Å². The summed E-state index contributed by atoms with van der Waals surface area (Å²) in [6.45, 7) is 0. The van der Waals surface area contributed by atoms with Gasteiger partial charge < -0.3 is 19.9 Å². The van der Waals surface area contributed by atoms with Crippen LogP contribution in [0.4, 0.5) is 4.39 Å². The van der Waals surface area contributed by atoms with E-state index in [0.29, 0.717) is 11.1 Å². The number of aromatic hydroxyl groups is 3. The highest BCUT2D eigenvalue weighted by molar-refractivity contribution is 5.86. The number of fused-ring (bicyclic) bond motifs is 1. The Balaban J connectivity index is 2.43. The largest absolute Gasteiger partial charge is 0.504 e. The topological polar surface area (TPSA) is 82.7 Å². The van der Waals surface area contributed by atoms with E-state index >= 15 is 0 Å². The normalized spacial score (nSPS) is 11.0. The lowest BCUT2D eigenvalue weighted by Crippen LogP contribution is -2.10. The van der Waals surface area contributed by atoms with Crippen molar-refractivity contribution in [2.45, 2.75) is 0 Å². The van der Waals surface area contributed by atoms with Gasteiger partial charge in [0.05, 0.1) is 11.2 Å². The Bertz CT molecular complexity index is 962. The van der Waals surface area contributed by atoms with Gasteiger partial charge in [0, 0.05) is 18.0 Å². The summed E-state index contributed by atoms with van der Waals surface area (Å²) in [6, 6.07) is 7.55. The highest BCUT2D eigenvalue weighted by Crippen LogP contribution is 2.34. The van der Waals surface area contributed by atoms with E-state index in [1.165, 1.54) is 34.9 Å². The van der Waals surface area contributed by atoms with Gasteiger partial charge in [0.2, 0.25) is 5.43 Å². The molecule has 0 fully saturated rings. The van der Waals surface area contributed by atoms with Gasteiger partial charge in [-0.2, -0.15) is 0 Å². The van der Waals surface area contributed by atoms with Crippen molar-refractivity contribution in [2.24, 2.45) is 7.05 Å². The molecule has 0 unspecified atom stereocenters. The van der Waals surface area contributed by atoms with Crippen molar-refractivity contribution in [3.8, 4) is 28.5 Å². The second kappa shape index (κ2) is 4.77. The zero-order valence-corrected chi connectivity index (χ0v) is 11.5. The van der Waals surface area contributed by atoms with Gasteiger partial charge in [0.25, 0.3) is 0 Å². The van der Waals surface area contributed by atoms with Crippen molar-refractivity contribution >= 4 is 10.9 Å².